The van der Waals surface area contributed by atoms with Gasteiger partial charge in [-0.3, -0.25) is 0 Å². The molecule has 13 heteroatoms. The first-order valence-corrected chi connectivity index (χ1v) is 12.3. The molecule has 0 saturated heterocycles. The van der Waals surface area contributed by atoms with Crippen LogP contribution >= 0.6 is 0 Å². The molecule has 1 heterocycles. The van der Waals surface area contributed by atoms with Crippen molar-refractivity contribution in [2.45, 2.75) is 44.1 Å². The molecule has 0 spiro atoms. The predicted octanol–water partition coefficient (Wildman–Crippen LogP) is 7.30. The van der Waals surface area contributed by atoms with E-state index in [4.69, 9.17) is 0 Å². The number of halogens is 7. The van der Waals surface area contributed by atoms with Crippen LogP contribution < -0.4 is 4.74 Å². The Hall–Kier alpha value is -3.79. The SMILES string of the molecule is Cc1c(/C=C(\C#N)S(=O)(=O)c2ccccc2OC(F)(F)F)cc(C(C)C)n1-c1ccc(F)cc1C(F)(F)F. The normalized spacial score (nSPS) is 13.1. The summed E-state index contributed by atoms with van der Waals surface area (Å²) in [5.41, 5.74) is -1.33. The number of allylic oxidation sites excluding steroid dienone is 1. The Morgan fingerprint density at radius 1 is 1.05 bits per heavy atom. The average Bonchev–Trinajstić information content (AvgIpc) is 3.12. The third-order valence-corrected chi connectivity index (χ3v) is 7.17. The molecule has 0 aliphatic heterocycles. The Morgan fingerprint density at radius 2 is 1.68 bits per heavy atom. The molecular formula is C25H19F7N2O3S. The van der Waals surface area contributed by atoms with Crippen LogP contribution in [0.2, 0.25) is 0 Å². The first kappa shape index (κ1) is 28.8. The fourth-order valence-electron chi connectivity index (χ4n) is 3.78. The van der Waals surface area contributed by atoms with Crippen molar-refractivity contribution in [3.8, 4) is 17.5 Å². The Labute approximate surface area is 213 Å². The van der Waals surface area contributed by atoms with E-state index in [9.17, 15) is 44.4 Å². The van der Waals surface area contributed by atoms with Gasteiger partial charge in [-0.05, 0) is 60.9 Å². The van der Waals surface area contributed by atoms with E-state index in [1.165, 1.54) is 23.6 Å². The summed E-state index contributed by atoms with van der Waals surface area (Å²) in [4.78, 5) is -1.90. The molecule has 38 heavy (non-hydrogen) atoms. The summed E-state index contributed by atoms with van der Waals surface area (Å²) in [6.07, 6.45) is -9.29. The average molecular weight is 560 g/mol. The molecule has 0 bridgehead atoms. The number of hydrogen-bond acceptors (Lipinski definition) is 4. The smallest absolute Gasteiger partial charge is 0.404 e. The Kier molecular flexibility index (Phi) is 7.70. The van der Waals surface area contributed by atoms with Gasteiger partial charge >= 0.3 is 12.5 Å². The number of nitrogens with zero attached hydrogens (tertiary/aromatic N) is 2. The molecule has 1 aromatic heterocycles. The van der Waals surface area contributed by atoms with Crippen LogP contribution in [0, 0.1) is 24.1 Å². The van der Waals surface area contributed by atoms with E-state index in [-0.39, 0.29) is 17.0 Å². The highest BCUT2D eigenvalue weighted by molar-refractivity contribution is 7.95. The summed E-state index contributed by atoms with van der Waals surface area (Å²) < 4.78 is 125. The summed E-state index contributed by atoms with van der Waals surface area (Å²) in [7, 11) is -4.86. The summed E-state index contributed by atoms with van der Waals surface area (Å²) >= 11 is 0. The van der Waals surface area contributed by atoms with Crippen molar-refractivity contribution in [2.24, 2.45) is 0 Å². The van der Waals surface area contributed by atoms with Crippen LogP contribution in [0.3, 0.4) is 0 Å². The van der Waals surface area contributed by atoms with Crippen molar-refractivity contribution in [1.29, 1.82) is 5.26 Å². The van der Waals surface area contributed by atoms with Crippen molar-refractivity contribution in [3.63, 3.8) is 0 Å². The van der Waals surface area contributed by atoms with Gasteiger partial charge in [0.05, 0.1) is 11.3 Å². The molecular weight excluding hydrogens is 541 g/mol. The quantitative estimate of drug-likeness (QED) is 0.234. The van der Waals surface area contributed by atoms with E-state index in [1.54, 1.807) is 13.8 Å². The van der Waals surface area contributed by atoms with Gasteiger partial charge in [0.1, 0.15) is 27.4 Å². The zero-order valence-electron chi connectivity index (χ0n) is 19.9. The number of hydrogen-bond donors (Lipinski definition) is 0. The van der Waals surface area contributed by atoms with Crippen molar-refractivity contribution in [1.82, 2.24) is 4.57 Å². The minimum Gasteiger partial charge on any atom is -0.404 e. The standard InChI is InChI=1S/C25H19F7N2O3S/c1-14(2)21-11-16(15(3)34(21)20-9-8-17(26)12-19(20)24(27,28)29)10-18(13-33)38(35,36)23-7-5-4-6-22(23)37-25(30,31)32/h4-12,14H,1-3H3/b18-10+. The number of ether oxygens (including phenoxy) is 1. The molecule has 0 saturated carbocycles. The lowest BCUT2D eigenvalue weighted by Gasteiger charge is -2.19. The third-order valence-electron chi connectivity index (χ3n) is 5.46. The number of alkyl halides is 6. The van der Waals surface area contributed by atoms with E-state index in [0.717, 1.165) is 42.5 Å². The molecule has 5 nitrogen and oxygen atoms in total. The fraction of sp³-hybridized carbons (Fsp3) is 0.240. The second-order valence-electron chi connectivity index (χ2n) is 8.38. The van der Waals surface area contributed by atoms with Crippen molar-refractivity contribution < 1.29 is 43.9 Å². The van der Waals surface area contributed by atoms with E-state index >= 15 is 0 Å². The lowest BCUT2D eigenvalue weighted by molar-refractivity contribution is -0.275. The maximum absolute atomic E-state index is 13.7. The summed E-state index contributed by atoms with van der Waals surface area (Å²) in [6.45, 7) is 4.67. The Morgan fingerprint density at radius 3 is 2.24 bits per heavy atom. The maximum atomic E-state index is 13.7. The number of para-hydroxylation sites is 1. The molecule has 0 unspecified atom stereocenters. The predicted molar refractivity (Wildman–Crippen MR) is 123 cm³/mol. The third kappa shape index (κ3) is 5.85. The number of benzene rings is 2. The topological polar surface area (TPSA) is 72.1 Å². The minimum absolute atomic E-state index is 0.0143. The van der Waals surface area contributed by atoms with Gasteiger partial charge < -0.3 is 9.30 Å². The number of aromatic nitrogens is 1. The molecule has 0 fully saturated rings. The van der Waals surface area contributed by atoms with Crippen molar-refractivity contribution >= 4 is 15.9 Å². The van der Waals surface area contributed by atoms with Crippen molar-refractivity contribution in [2.75, 3.05) is 0 Å². The van der Waals surface area contributed by atoms with E-state index in [1.807, 2.05) is 0 Å². The van der Waals surface area contributed by atoms with Crippen LogP contribution in [0.25, 0.3) is 11.8 Å². The van der Waals surface area contributed by atoms with Crippen LogP contribution in [0.1, 0.15) is 42.3 Å². The second kappa shape index (κ2) is 10.2. The van der Waals surface area contributed by atoms with Gasteiger partial charge in [-0.1, -0.05) is 26.0 Å². The number of rotatable bonds is 6. The summed E-state index contributed by atoms with van der Waals surface area (Å²) in [5.74, 6) is -2.58. The van der Waals surface area contributed by atoms with Gasteiger partial charge in [0, 0.05) is 11.4 Å². The summed E-state index contributed by atoms with van der Waals surface area (Å²) in [5, 5.41) is 9.62. The summed E-state index contributed by atoms with van der Waals surface area (Å²) in [6, 6.07) is 8.73. The monoisotopic (exact) mass is 560 g/mol. The van der Waals surface area contributed by atoms with Gasteiger partial charge in [0.2, 0.25) is 9.84 Å². The van der Waals surface area contributed by atoms with Crippen LogP contribution in [-0.2, 0) is 16.0 Å². The fourth-order valence-corrected chi connectivity index (χ4v) is 5.05. The largest absolute Gasteiger partial charge is 0.573 e. The lowest BCUT2D eigenvalue weighted by atomic mass is 10.1. The molecule has 3 rings (SSSR count). The molecule has 0 radical (unpaired) electrons. The van der Waals surface area contributed by atoms with Gasteiger partial charge in [0.15, 0.2) is 0 Å². The second-order valence-corrected chi connectivity index (χ2v) is 10.3. The zero-order chi connectivity index (χ0) is 28.6. The lowest BCUT2D eigenvalue weighted by Crippen LogP contribution is -2.19. The minimum atomic E-state index is -5.21. The molecule has 202 valence electrons. The first-order chi connectivity index (χ1) is 17.5. The van der Waals surface area contributed by atoms with Gasteiger partial charge in [-0.25, -0.2) is 12.8 Å². The molecule has 0 atom stereocenters. The van der Waals surface area contributed by atoms with Gasteiger partial charge in [-0.15, -0.1) is 13.2 Å². The highest BCUT2D eigenvalue weighted by Gasteiger charge is 2.37. The zero-order valence-corrected chi connectivity index (χ0v) is 20.8. The maximum Gasteiger partial charge on any atom is 0.573 e. The highest BCUT2D eigenvalue weighted by atomic mass is 32.2. The molecule has 3 aromatic rings. The van der Waals surface area contributed by atoms with Gasteiger partial charge in [-0.2, -0.15) is 18.4 Å². The molecule has 0 N–H and O–H groups in total. The Balaban J connectivity index is 2.26. The Bertz CT molecular complexity index is 1540. The molecule has 0 amide bonds. The van der Waals surface area contributed by atoms with Crippen LogP contribution in [0.4, 0.5) is 30.7 Å². The number of nitriles is 1. The van der Waals surface area contributed by atoms with E-state index in [2.05, 4.69) is 4.74 Å². The molecule has 0 aliphatic rings. The number of sulfone groups is 1. The first-order valence-electron chi connectivity index (χ1n) is 10.8. The van der Waals surface area contributed by atoms with E-state index < -0.39 is 60.9 Å². The molecule has 0 aliphatic carbocycles. The molecule has 2 aromatic carbocycles. The van der Waals surface area contributed by atoms with Crippen LogP contribution in [0.5, 0.6) is 5.75 Å². The van der Waals surface area contributed by atoms with Gasteiger partial charge in [0.25, 0.3) is 0 Å². The van der Waals surface area contributed by atoms with Crippen LogP contribution in [-0.4, -0.2) is 19.3 Å². The van der Waals surface area contributed by atoms with Crippen molar-refractivity contribution in [3.05, 3.63) is 81.8 Å². The van der Waals surface area contributed by atoms with E-state index in [0.29, 0.717) is 6.07 Å². The highest BCUT2D eigenvalue weighted by Crippen LogP contribution is 2.38. The van der Waals surface area contributed by atoms with Crippen LogP contribution in [0.15, 0.2) is 58.3 Å².